The van der Waals surface area contributed by atoms with Crippen LogP contribution in [0.15, 0.2) is 40.9 Å². The van der Waals surface area contributed by atoms with E-state index >= 15 is 0 Å². The number of halogens is 3. The van der Waals surface area contributed by atoms with E-state index in [1.165, 1.54) is 6.07 Å². The molecule has 0 saturated heterocycles. The van der Waals surface area contributed by atoms with Crippen LogP contribution >= 0.6 is 27.5 Å². The number of aromatic amines is 1. The van der Waals surface area contributed by atoms with Crippen LogP contribution in [0, 0.1) is 12.7 Å². The molecule has 0 spiro atoms. The minimum atomic E-state index is -0.215. The lowest BCUT2D eigenvalue weighted by atomic mass is 10.0. The van der Waals surface area contributed by atoms with Gasteiger partial charge in [0.05, 0.1) is 0 Å². The van der Waals surface area contributed by atoms with E-state index in [9.17, 15) is 4.39 Å². The van der Waals surface area contributed by atoms with Crippen LogP contribution in [-0.4, -0.2) is 4.98 Å². The lowest BCUT2D eigenvalue weighted by Crippen LogP contribution is -1.91. The summed E-state index contributed by atoms with van der Waals surface area (Å²) in [6, 6.07) is 10.6. The van der Waals surface area contributed by atoms with Crippen LogP contribution < -0.4 is 0 Å². The van der Waals surface area contributed by atoms with Gasteiger partial charge in [-0.2, -0.15) is 0 Å². The Morgan fingerprint density at radius 2 is 2.00 bits per heavy atom. The van der Waals surface area contributed by atoms with E-state index in [2.05, 4.69) is 20.9 Å². The molecule has 0 bridgehead atoms. The van der Waals surface area contributed by atoms with Crippen molar-refractivity contribution in [1.82, 2.24) is 4.98 Å². The Balaban J connectivity index is 2.10. The highest BCUT2D eigenvalue weighted by atomic mass is 79.9. The van der Waals surface area contributed by atoms with E-state index in [0.717, 1.165) is 38.6 Å². The van der Waals surface area contributed by atoms with E-state index in [1.54, 1.807) is 12.1 Å². The molecule has 3 aromatic rings. The van der Waals surface area contributed by atoms with Gasteiger partial charge in [0.2, 0.25) is 0 Å². The topological polar surface area (TPSA) is 15.8 Å². The zero-order valence-electron chi connectivity index (χ0n) is 10.8. The average Bonchev–Trinajstić information content (AvgIpc) is 2.69. The number of hydrogen-bond acceptors (Lipinski definition) is 0. The molecular formula is C16H12BrClFN. The van der Waals surface area contributed by atoms with Crippen LogP contribution in [0.1, 0.15) is 16.8 Å². The van der Waals surface area contributed by atoms with E-state index in [0.29, 0.717) is 5.02 Å². The summed E-state index contributed by atoms with van der Waals surface area (Å²) in [6.07, 6.45) is 0.729. The van der Waals surface area contributed by atoms with E-state index in [4.69, 9.17) is 11.6 Å². The molecule has 0 aliphatic rings. The molecule has 1 nitrogen and oxygen atoms in total. The van der Waals surface area contributed by atoms with Crippen LogP contribution in [0.5, 0.6) is 0 Å². The molecule has 0 radical (unpaired) electrons. The van der Waals surface area contributed by atoms with Crippen molar-refractivity contribution >= 4 is 38.4 Å². The average molecular weight is 353 g/mol. The highest BCUT2D eigenvalue weighted by Gasteiger charge is 2.11. The second-order valence-electron chi connectivity index (χ2n) is 4.83. The second kappa shape index (κ2) is 5.23. The summed E-state index contributed by atoms with van der Waals surface area (Å²) in [5.41, 5.74) is 4.27. The fourth-order valence-electron chi connectivity index (χ4n) is 2.44. The highest BCUT2D eigenvalue weighted by molar-refractivity contribution is 9.10. The predicted octanol–water partition coefficient (Wildman–Crippen LogP) is 5.62. The Kier molecular flexibility index (Phi) is 3.57. The number of aromatic nitrogens is 1. The van der Waals surface area contributed by atoms with Gasteiger partial charge in [0.1, 0.15) is 5.82 Å². The number of benzene rings is 2. The number of hydrogen-bond donors (Lipinski definition) is 1. The standard InChI is InChI=1S/C16H12BrClFN/c1-9-13(6-10-2-3-11(18)7-15(10)17)14-8-12(19)4-5-16(14)20-9/h2-5,7-8,20H,6H2,1H3. The molecule has 20 heavy (non-hydrogen) atoms. The smallest absolute Gasteiger partial charge is 0.123 e. The molecule has 4 heteroatoms. The molecule has 0 amide bonds. The SMILES string of the molecule is Cc1[nH]c2ccc(F)cc2c1Cc1ccc(Cl)cc1Br. The van der Waals surface area contributed by atoms with Gasteiger partial charge in [-0.05, 0) is 48.4 Å². The molecule has 102 valence electrons. The van der Waals surface area contributed by atoms with Crippen LogP contribution in [0.25, 0.3) is 10.9 Å². The summed E-state index contributed by atoms with van der Waals surface area (Å²) in [5, 5.41) is 1.63. The quantitative estimate of drug-likeness (QED) is 0.616. The van der Waals surface area contributed by atoms with E-state index in [1.807, 2.05) is 25.1 Å². The van der Waals surface area contributed by atoms with Crippen LogP contribution in [0.4, 0.5) is 4.39 Å². The van der Waals surface area contributed by atoms with Gasteiger partial charge in [-0.15, -0.1) is 0 Å². The summed E-state index contributed by atoms with van der Waals surface area (Å²) >= 11 is 9.49. The maximum atomic E-state index is 13.5. The Bertz CT molecular complexity index is 795. The molecule has 0 saturated carbocycles. The van der Waals surface area contributed by atoms with Gasteiger partial charge in [-0.1, -0.05) is 33.6 Å². The van der Waals surface area contributed by atoms with Gasteiger partial charge < -0.3 is 4.98 Å². The maximum Gasteiger partial charge on any atom is 0.123 e. The molecule has 1 N–H and O–H groups in total. The Morgan fingerprint density at radius 1 is 1.20 bits per heavy atom. The molecule has 1 heterocycles. The lowest BCUT2D eigenvalue weighted by molar-refractivity contribution is 0.629. The minimum Gasteiger partial charge on any atom is -0.358 e. The van der Waals surface area contributed by atoms with Gasteiger partial charge in [0.25, 0.3) is 0 Å². The van der Waals surface area contributed by atoms with Crippen molar-refractivity contribution in [2.45, 2.75) is 13.3 Å². The van der Waals surface area contributed by atoms with Gasteiger partial charge >= 0.3 is 0 Å². The molecule has 0 aliphatic heterocycles. The monoisotopic (exact) mass is 351 g/mol. The molecule has 2 aromatic carbocycles. The van der Waals surface area contributed by atoms with Gasteiger partial charge in [0, 0.05) is 32.5 Å². The van der Waals surface area contributed by atoms with Crippen molar-refractivity contribution in [3.05, 3.63) is 68.5 Å². The summed E-state index contributed by atoms with van der Waals surface area (Å²) in [4.78, 5) is 3.30. The molecule has 0 aliphatic carbocycles. The van der Waals surface area contributed by atoms with Crippen molar-refractivity contribution in [3.63, 3.8) is 0 Å². The molecular weight excluding hydrogens is 341 g/mol. The van der Waals surface area contributed by atoms with Gasteiger partial charge in [-0.3, -0.25) is 0 Å². The van der Waals surface area contributed by atoms with Crippen molar-refractivity contribution in [3.8, 4) is 0 Å². The Morgan fingerprint density at radius 3 is 2.75 bits per heavy atom. The van der Waals surface area contributed by atoms with Crippen LogP contribution in [0.2, 0.25) is 5.02 Å². The summed E-state index contributed by atoms with van der Waals surface area (Å²) in [5.74, 6) is -0.215. The zero-order valence-corrected chi connectivity index (χ0v) is 13.1. The molecule has 0 fully saturated rings. The molecule has 0 atom stereocenters. The second-order valence-corrected chi connectivity index (χ2v) is 6.12. The first-order valence-corrected chi connectivity index (χ1v) is 7.42. The lowest BCUT2D eigenvalue weighted by Gasteiger charge is -2.06. The summed E-state index contributed by atoms with van der Waals surface area (Å²) < 4.78 is 14.4. The number of nitrogens with one attached hydrogen (secondary N) is 1. The first-order valence-electron chi connectivity index (χ1n) is 6.25. The summed E-state index contributed by atoms with van der Waals surface area (Å²) in [7, 11) is 0. The zero-order chi connectivity index (χ0) is 14.3. The third kappa shape index (κ3) is 2.48. The fourth-order valence-corrected chi connectivity index (χ4v) is 3.26. The highest BCUT2D eigenvalue weighted by Crippen LogP contribution is 2.29. The van der Waals surface area contributed by atoms with Crippen molar-refractivity contribution in [2.24, 2.45) is 0 Å². The Labute approximate surface area is 129 Å². The van der Waals surface area contributed by atoms with Crippen molar-refractivity contribution < 1.29 is 4.39 Å². The van der Waals surface area contributed by atoms with Gasteiger partial charge in [-0.25, -0.2) is 4.39 Å². The maximum absolute atomic E-state index is 13.5. The molecule has 3 rings (SSSR count). The normalized spacial score (nSPS) is 11.2. The van der Waals surface area contributed by atoms with Crippen LogP contribution in [0.3, 0.4) is 0 Å². The van der Waals surface area contributed by atoms with Crippen molar-refractivity contribution in [1.29, 1.82) is 0 Å². The minimum absolute atomic E-state index is 0.215. The summed E-state index contributed by atoms with van der Waals surface area (Å²) in [6.45, 7) is 2.01. The molecule has 1 aromatic heterocycles. The number of aryl methyl sites for hydroxylation is 1. The van der Waals surface area contributed by atoms with E-state index < -0.39 is 0 Å². The largest absolute Gasteiger partial charge is 0.358 e. The molecule has 0 unspecified atom stereocenters. The number of fused-ring (bicyclic) bond motifs is 1. The third-order valence-corrected chi connectivity index (χ3v) is 4.44. The predicted molar refractivity (Wildman–Crippen MR) is 85.0 cm³/mol. The number of rotatable bonds is 2. The number of H-pyrrole nitrogens is 1. The first-order chi connectivity index (χ1) is 9.54. The third-order valence-electron chi connectivity index (χ3n) is 3.46. The van der Waals surface area contributed by atoms with Crippen LogP contribution in [-0.2, 0) is 6.42 Å². The van der Waals surface area contributed by atoms with Crippen molar-refractivity contribution in [2.75, 3.05) is 0 Å². The van der Waals surface area contributed by atoms with Gasteiger partial charge in [0.15, 0.2) is 0 Å². The first kappa shape index (κ1) is 13.7. The van der Waals surface area contributed by atoms with E-state index in [-0.39, 0.29) is 5.82 Å². The Hall–Kier alpha value is -1.32. The fraction of sp³-hybridized carbons (Fsp3) is 0.125.